The number of aromatic nitrogens is 3. The van der Waals surface area contributed by atoms with Crippen molar-refractivity contribution in [3.8, 4) is 0 Å². The number of nitrogens with two attached hydrogens (primary N) is 1. The van der Waals surface area contributed by atoms with Crippen LogP contribution in [0.1, 0.15) is 19.0 Å². The summed E-state index contributed by atoms with van der Waals surface area (Å²) in [6.45, 7) is 2.53. The fourth-order valence-electron chi connectivity index (χ4n) is 1.34. The first-order valence-electron chi connectivity index (χ1n) is 5.53. The van der Waals surface area contributed by atoms with Crippen molar-refractivity contribution < 1.29 is 4.79 Å². The van der Waals surface area contributed by atoms with Gasteiger partial charge in [-0.05, 0) is 25.4 Å². The van der Waals surface area contributed by atoms with E-state index in [0.717, 1.165) is 12.2 Å². The third kappa shape index (κ3) is 5.18. The zero-order chi connectivity index (χ0) is 12.7. The molecule has 0 saturated carbocycles. The molecular weight excluding hydrogens is 238 g/mol. The highest BCUT2D eigenvalue weighted by Crippen LogP contribution is 2.00. The van der Waals surface area contributed by atoms with Crippen LogP contribution in [0.3, 0.4) is 0 Å². The molecule has 1 aromatic rings. The molecule has 1 atom stereocenters. The standard InChI is InChI=1S/C10H19N5OS/c1-8(3-4-17-2)12-10(16)7-15-6-9(5-11)13-14-15/h6,8H,3-5,7,11H2,1-2H3,(H,12,16). The Labute approximate surface area is 105 Å². The van der Waals surface area contributed by atoms with E-state index in [1.54, 1.807) is 18.0 Å². The van der Waals surface area contributed by atoms with Crippen LogP contribution in [0.25, 0.3) is 0 Å². The first-order valence-corrected chi connectivity index (χ1v) is 6.92. The molecule has 0 bridgehead atoms. The van der Waals surface area contributed by atoms with Crippen LogP contribution in [0.5, 0.6) is 0 Å². The molecule has 1 aromatic heterocycles. The number of hydrogen-bond acceptors (Lipinski definition) is 5. The Bertz CT molecular complexity index is 354. The quantitative estimate of drug-likeness (QED) is 0.718. The summed E-state index contributed by atoms with van der Waals surface area (Å²) in [6.07, 6.45) is 4.71. The minimum absolute atomic E-state index is 0.0490. The van der Waals surface area contributed by atoms with Crippen LogP contribution in [0, 0.1) is 0 Å². The van der Waals surface area contributed by atoms with Crippen LogP contribution in [0.2, 0.25) is 0 Å². The number of hydrogen-bond donors (Lipinski definition) is 2. The van der Waals surface area contributed by atoms with Gasteiger partial charge in [0.25, 0.3) is 0 Å². The molecule has 0 aliphatic heterocycles. The van der Waals surface area contributed by atoms with Gasteiger partial charge in [0.1, 0.15) is 6.54 Å². The maximum Gasteiger partial charge on any atom is 0.242 e. The van der Waals surface area contributed by atoms with Gasteiger partial charge in [0.05, 0.1) is 11.9 Å². The molecule has 1 amide bonds. The summed E-state index contributed by atoms with van der Waals surface area (Å²) in [6, 6.07) is 0.187. The van der Waals surface area contributed by atoms with Crippen LogP contribution < -0.4 is 11.1 Å². The molecular formula is C10H19N5OS. The molecule has 0 aliphatic rings. The van der Waals surface area contributed by atoms with E-state index in [9.17, 15) is 4.79 Å². The smallest absolute Gasteiger partial charge is 0.242 e. The lowest BCUT2D eigenvalue weighted by Gasteiger charge is -2.12. The summed E-state index contributed by atoms with van der Waals surface area (Å²) in [5, 5.41) is 10.6. The minimum Gasteiger partial charge on any atom is -0.352 e. The predicted molar refractivity (Wildman–Crippen MR) is 68.5 cm³/mol. The molecule has 0 fully saturated rings. The van der Waals surface area contributed by atoms with Gasteiger partial charge in [-0.2, -0.15) is 11.8 Å². The monoisotopic (exact) mass is 257 g/mol. The second kappa shape index (κ2) is 7.29. The van der Waals surface area contributed by atoms with Crippen LogP contribution >= 0.6 is 11.8 Å². The van der Waals surface area contributed by atoms with Crippen LogP contribution in [0.15, 0.2) is 6.20 Å². The molecule has 0 saturated heterocycles. The molecule has 0 spiro atoms. The highest BCUT2D eigenvalue weighted by Gasteiger charge is 2.08. The Hall–Kier alpha value is -1.08. The SMILES string of the molecule is CSCCC(C)NC(=O)Cn1cc(CN)nn1. The fraction of sp³-hybridized carbons (Fsp3) is 0.700. The molecule has 17 heavy (non-hydrogen) atoms. The van der Waals surface area contributed by atoms with Gasteiger partial charge in [-0.1, -0.05) is 5.21 Å². The zero-order valence-electron chi connectivity index (χ0n) is 10.2. The van der Waals surface area contributed by atoms with Crippen molar-refractivity contribution in [3.05, 3.63) is 11.9 Å². The molecule has 96 valence electrons. The number of carbonyl (C=O) groups is 1. The number of nitrogens with zero attached hydrogens (tertiary/aromatic N) is 3. The molecule has 3 N–H and O–H groups in total. The Kier molecular flexibility index (Phi) is 5.99. The lowest BCUT2D eigenvalue weighted by Crippen LogP contribution is -2.35. The van der Waals surface area contributed by atoms with E-state index in [1.807, 2.05) is 6.92 Å². The van der Waals surface area contributed by atoms with Crippen molar-refractivity contribution in [2.24, 2.45) is 5.73 Å². The van der Waals surface area contributed by atoms with E-state index in [4.69, 9.17) is 5.73 Å². The minimum atomic E-state index is -0.0490. The summed E-state index contributed by atoms with van der Waals surface area (Å²) in [5.41, 5.74) is 6.10. The number of rotatable bonds is 7. The van der Waals surface area contributed by atoms with Gasteiger partial charge in [-0.25, -0.2) is 4.68 Å². The lowest BCUT2D eigenvalue weighted by atomic mass is 10.2. The first kappa shape index (κ1) is 14.0. The van der Waals surface area contributed by atoms with Gasteiger partial charge in [-0.15, -0.1) is 5.10 Å². The van der Waals surface area contributed by atoms with Crippen LogP contribution in [-0.2, 0) is 17.9 Å². The van der Waals surface area contributed by atoms with Crippen LogP contribution in [0.4, 0.5) is 0 Å². The topological polar surface area (TPSA) is 85.8 Å². The predicted octanol–water partition coefficient (Wildman–Crippen LogP) is -0.00540. The number of amides is 1. The van der Waals surface area contributed by atoms with E-state index in [2.05, 4.69) is 21.9 Å². The fourth-order valence-corrected chi connectivity index (χ4v) is 1.93. The first-order chi connectivity index (χ1) is 8.15. The summed E-state index contributed by atoms with van der Waals surface area (Å²) in [7, 11) is 0. The van der Waals surface area contributed by atoms with Crippen LogP contribution in [-0.4, -0.2) is 39.0 Å². The third-order valence-electron chi connectivity index (χ3n) is 2.26. The number of carbonyl (C=O) groups excluding carboxylic acids is 1. The maximum atomic E-state index is 11.6. The Balaban J connectivity index is 2.33. The van der Waals surface area contributed by atoms with Crippen molar-refractivity contribution in [1.29, 1.82) is 0 Å². The van der Waals surface area contributed by atoms with Crippen molar-refractivity contribution in [3.63, 3.8) is 0 Å². The van der Waals surface area contributed by atoms with Gasteiger partial charge in [0.2, 0.25) is 5.91 Å². The highest BCUT2D eigenvalue weighted by atomic mass is 32.2. The largest absolute Gasteiger partial charge is 0.352 e. The zero-order valence-corrected chi connectivity index (χ0v) is 11.0. The number of thioether (sulfide) groups is 1. The second-order valence-electron chi connectivity index (χ2n) is 3.86. The van der Waals surface area contributed by atoms with E-state index in [-0.39, 0.29) is 18.5 Å². The van der Waals surface area contributed by atoms with Crippen molar-refractivity contribution >= 4 is 17.7 Å². The normalized spacial score (nSPS) is 12.4. The molecule has 7 heteroatoms. The van der Waals surface area contributed by atoms with Crippen molar-refractivity contribution in [2.75, 3.05) is 12.0 Å². The van der Waals surface area contributed by atoms with Gasteiger partial charge in [0, 0.05) is 12.6 Å². The molecule has 1 rings (SSSR count). The highest BCUT2D eigenvalue weighted by molar-refractivity contribution is 7.98. The molecule has 0 aliphatic carbocycles. The second-order valence-corrected chi connectivity index (χ2v) is 4.85. The average Bonchev–Trinajstić information content (AvgIpc) is 2.73. The third-order valence-corrected chi connectivity index (χ3v) is 2.91. The number of nitrogens with one attached hydrogen (secondary N) is 1. The molecule has 0 radical (unpaired) electrons. The maximum absolute atomic E-state index is 11.6. The van der Waals surface area contributed by atoms with E-state index < -0.39 is 0 Å². The molecule has 0 aromatic carbocycles. The van der Waals surface area contributed by atoms with E-state index in [0.29, 0.717) is 12.2 Å². The average molecular weight is 257 g/mol. The summed E-state index contributed by atoms with van der Waals surface area (Å²) in [4.78, 5) is 11.6. The molecule has 1 heterocycles. The van der Waals surface area contributed by atoms with Gasteiger partial charge in [0.15, 0.2) is 0 Å². The van der Waals surface area contributed by atoms with Gasteiger partial charge < -0.3 is 11.1 Å². The van der Waals surface area contributed by atoms with E-state index >= 15 is 0 Å². The van der Waals surface area contributed by atoms with Crippen molar-refractivity contribution in [2.45, 2.75) is 32.5 Å². The van der Waals surface area contributed by atoms with Gasteiger partial charge in [-0.3, -0.25) is 4.79 Å². The molecule has 1 unspecified atom stereocenters. The summed E-state index contributed by atoms with van der Waals surface area (Å²) >= 11 is 1.77. The molecule has 6 nitrogen and oxygen atoms in total. The lowest BCUT2D eigenvalue weighted by molar-refractivity contribution is -0.122. The van der Waals surface area contributed by atoms with Crippen molar-refractivity contribution in [1.82, 2.24) is 20.3 Å². The Morgan fingerprint density at radius 1 is 1.71 bits per heavy atom. The summed E-state index contributed by atoms with van der Waals surface area (Å²) in [5.74, 6) is 0.995. The Morgan fingerprint density at radius 2 is 2.47 bits per heavy atom. The summed E-state index contributed by atoms with van der Waals surface area (Å²) < 4.78 is 1.50. The van der Waals surface area contributed by atoms with Gasteiger partial charge >= 0.3 is 0 Å². The van der Waals surface area contributed by atoms with E-state index in [1.165, 1.54) is 4.68 Å². The Morgan fingerprint density at radius 3 is 3.06 bits per heavy atom.